The van der Waals surface area contributed by atoms with E-state index >= 15 is 0 Å². The molecule has 0 radical (unpaired) electrons. The van der Waals surface area contributed by atoms with E-state index < -0.39 is 31.7 Å². The highest BCUT2D eigenvalue weighted by Gasteiger charge is 2.45. The molecular weight excluding hydrogens is 749 g/mol. The van der Waals surface area contributed by atoms with Gasteiger partial charge in [-0.25, -0.2) is 9.13 Å². The monoisotopic (exact) mass is 789 g/mol. The predicted octanol–water partition coefficient (Wildman–Crippen LogP) is 4.25. The topological polar surface area (TPSA) is 192 Å². The van der Waals surface area contributed by atoms with Crippen LogP contribution in [0.4, 0.5) is 0 Å². The summed E-state index contributed by atoms with van der Waals surface area (Å²) in [5.74, 6) is -1.13. The van der Waals surface area contributed by atoms with E-state index in [9.17, 15) is 45.1 Å². The van der Waals surface area contributed by atoms with Gasteiger partial charge in [-0.2, -0.15) is 16.8 Å². The molecule has 2 heterocycles. The molecule has 2 N–H and O–H groups in total. The summed E-state index contributed by atoms with van der Waals surface area (Å²) in [7, 11) is -8.38. The van der Waals surface area contributed by atoms with Crippen molar-refractivity contribution >= 4 is 49.4 Å². The number of carbonyl (C=O) groups excluding carboxylic acids is 4. The number of benzene rings is 2. The molecule has 0 amide bonds. The quantitative estimate of drug-likeness (QED) is 0.0755. The number of carbonyl (C=O) groups is 4. The Morgan fingerprint density at radius 1 is 0.636 bits per heavy atom. The summed E-state index contributed by atoms with van der Waals surface area (Å²) in [6.45, 7) is 4.76. The molecule has 0 bridgehead atoms. The Bertz CT molecular complexity index is 2460. The van der Waals surface area contributed by atoms with E-state index in [-0.39, 0.29) is 83.0 Å². The van der Waals surface area contributed by atoms with Crippen molar-refractivity contribution in [1.29, 1.82) is 0 Å². The van der Waals surface area contributed by atoms with Crippen LogP contribution < -0.4 is 4.57 Å². The zero-order valence-corrected chi connectivity index (χ0v) is 32.0. The molecule has 0 unspecified atom stereocenters. The van der Waals surface area contributed by atoms with E-state index in [1.165, 1.54) is 0 Å². The smallest absolute Gasteiger partial charge is 0.282 e. The Balaban J connectivity index is 1.35. The van der Waals surface area contributed by atoms with Crippen LogP contribution in [0.25, 0.3) is 6.08 Å². The number of allylic oxidation sites excluding steroid dienone is 6. The number of hydrogen-bond donors (Lipinski definition) is 2. The van der Waals surface area contributed by atoms with Gasteiger partial charge in [0, 0.05) is 41.4 Å². The Hall–Kier alpha value is -5.29. The average molecular weight is 790 g/mol. The lowest BCUT2D eigenvalue weighted by molar-refractivity contribution is -0.700. The lowest BCUT2D eigenvalue weighted by atomic mass is 9.90. The van der Waals surface area contributed by atoms with Crippen LogP contribution in [0.3, 0.4) is 0 Å². The van der Waals surface area contributed by atoms with Gasteiger partial charge >= 0.3 is 0 Å². The van der Waals surface area contributed by atoms with E-state index in [0.29, 0.717) is 48.7 Å². The summed E-state index contributed by atoms with van der Waals surface area (Å²) in [5, 5.41) is 0. The summed E-state index contributed by atoms with van der Waals surface area (Å²) in [6.07, 6.45) is 9.44. The van der Waals surface area contributed by atoms with Crippen LogP contribution in [0.15, 0.2) is 90.1 Å². The number of fused-ring (bicyclic) bond motifs is 3. The number of Topliss-reactive ketones (excluding diaryl/α,β-unsaturated/α-hetero) is 2. The fraction of sp³-hybridized carbons (Fsp3) is 0.308. The Morgan fingerprint density at radius 2 is 1.16 bits per heavy atom. The van der Waals surface area contributed by atoms with Crippen molar-refractivity contribution < 1.29 is 49.7 Å². The van der Waals surface area contributed by atoms with E-state index in [1.54, 1.807) is 97.8 Å². The van der Waals surface area contributed by atoms with Gasteiger partial charge in [-0.05, 0) is 45.6 Å². The zero-order chi connectivity index (χ0) is 39.7. The molecule has 0 fully saturated rings. The van der Waals surface area contributed by atoms with Gasteiger partial charge in [0.25, 0.3) is 26.1 Å². The minimum absolute atomic E-state index is 0.127. The van der Waals surface area contributed by atoms with Crippen LogP contribution in [-0.2, 0) is 33.3 Å². The van der Waals surface area contributed by atoms with Crippen LogP contribution in [-0.4, -0.2) is 88.0 Å². The standard InChI is InChI=1S/C39H40N4O10S2/c1-3-40-30(42(22-12-14-24-54(48,49)50)34-32(40)36(44)26-16-8-10-18-28(26)38(34)46)20-6-5-7-21-31-41(4-2)33-35(43(31)23-13-15-25-55(51,52)53)39(47)29-19-11-9-17-27(29)37(33)45/h5-11,16-21H,3-4,12-15,22-25H2,1-2H3,(H-,48,49,50,51,52,53)/p+1. The first kappa shape index (κ1) is 39.4. The molecule has 16 heteroatoms. The van der Waals surface area contributed by atoms with Crippen molar-refractivity contribution in [3.05, 3.63) is 130 Å². The van der Waals surface area contributed by atoms with Crippen LogP contribution in [0.2, 0.25) is 0 Å². The first-order valence-corrected chi connectivity index (χ1v) is 21.2. The minimum atomic E-state index is -4.19. The second-order valence-electron chi connectivity index (χ2n) is 13.2. The maximum absolute atomic E-state index is 13.9. The molecule has 0 saturated heterocycles. The van der Waals surface area contributed by atoms with Crippen LogP contribution in [0.5, 0.6) is 0 Å². The molecule has 1 aliphatic heterocycles. The van der Waals surface area contributed by atoms with E-state index in [2.05, 4.69) is 0 Å². The number of nitrogens with zero attached hydrogens (tertiary/aromatic N) is 4. The second kappa shape index (κ2) is 15.8. The largest absolute Gasteiger partial charge is 0.323 e. The maximum atomic E-state index is 13.9. The third-order valence-corrected chi connectivity index (χ3v) is 11.3. The Labute approximate surface area is 319 Å². The van der Waals surface area contributed by atoms with E-state index in [0.717, 1.165) is 0 Å². The van der Waals surface area contributed by atoms with Gasteiger partial charge in [0.1, 0.15) is 17.2 Å². The highest BCUT2D eigenvalue weighted by atomic mass is 32.2. The third-order valence-electron chi connectivity index (χ3n) is 9.74. The summed E-state index contributed by atoms with van der Waals surface area (Å²) >= 11 is 0. The molecule has 0 spiro atoms. The van der Waals surface area contributed by atoms with Crippen molar-refractivity contribution in [3.8, 4) is 0 Å². The predicted molar refractivity (Wildman–Crippen MR) is 202 cm³/mol. The maximum Gasteiger partial charge on any atom is 0.282 e. The summed E-state index contributed by atoms with van der Waals surface area (Å²) < 4.78 is 67.5. The fourth-order valence-corrected chi connectivity index (χ4v) is 8.50. The van der Waals surface area contributed by atoms with Crippen molar-refractivity contribution in [1.82, 2.24) is 14.4 Å². The minimum Gasteiger partial charge on any atom is -0.323 e. The molecule has 3 aromatic rings. The lowest BCUT2D eigenvalue weighted by Crippen LogP contribution is -2.43. The number of imidazole rings is 1. The molecule has 3 aliphatic rings. The van der Waals surface area contributed by atoms with Gasteiger partial charge in [-0.15, -0.1) is 0 Å². The number of rotatable bonds is 15. The Morgan fingerprint density at radius 3 is 1.71 bits per heavy atom. The Kier molecular flexibility index (Phi) is 11.3. The van der Waals surface area contributed by atoms with Gasteiger partial charge in [-0.3, -0.25) is 28.3 Å². The summed E-state index contributed by atoms with van der Waals surface area (Å²) in [4.78, 5) is 58.8. The molecule has 288 valence electrons. The summed E-state index contributed by atoms with van der Waals surface area (Å²) in [6, 6.07) is 13.2. The molecule has 2 aliphatic carbocycles. The molecule has 1 aromatic heterocycles. The number of ketones is 4. The van der Waals surface area contributed by atoms with Crippen LogP contribution in [0.1, 0.15) is 98.2 Å². The van der Waals surface area contributed by atoms with Gasteiger partial charge < -0.3 is 9.80 Å². The molecule has 6 rings (SSSR count). The van der Waals surface area contributed by atoms with Gasteiger partial charge in [0.15, 0.2) is 0 Å². The van der Waals surface area contributed by atoms with Crippen molar-refractivity contribution in [2.75, 3.05) is 24.6 Å². The van der Waals surface area contributed by atoms with Crippen molar-refractivity contribution in [3.63, 3.8) is 0 Å². The third kappa shape index (κ3) is 7.80. The first-order chi connectivity index (χ1) is 26.2. The molecular formula is C39H41N4O10S2+. The van der Waals surface area contributed by atoms with Crippen molar-refractivity contribution in [2.24, 2.45) is 0 Å². The number of hydrogen-bond acceptors (Lipinski definition) is 10. The molecule has 2 aromatic carbocycles. The van der Waals surface area contributed by atoms with Crippen molar-refractivity contribution in [2.45, 2.75) is 52.6 Å². The first-order valence-electron chi connectivity index (χ1n) is 18.0. The number of aromatic nitrogens is 2. The molecule has 14 nitrogen and oxygen atoms in total. The van der Waals surface area contributed by atoms with E-state index in [1.807, 2.05) is 13.8 Å². The highest BCUT2D eigenvalue weighted by Crippen LogP contribution is 2.40. The molecule has 0 atom stereocenters. The van der Waals surface area contributed by atoms with Gasteiger partial charge in [0.05, 0.1) is 24.6 Å². The van der Waals surface area contributed by atoms with Crippen LogP contribution in [0, 0.1) is 0 Å². The number of unbranched alkanes of at least 4 members (excludes halogenated alkanes) is 2. The SMILES string of the molecule is CCN1C(=CC=CC=Cc2n(CC)c3c([n+]2CCCCS(=O)(=O)O)C(=O)c2ccccc2C3=O)N(CCCCS(=O)(=O)O)C2=C1C(=O)c1ccccc1C2=O. The van der Waals surface area contributed by atoms with Gasteiger partial charge in [-0.1, -0.05) is 66.8 Å². The lowest BCUT2D eigenvalue weighted by Gasteiger charge is -2.26. The molecule has 55 heavy (non-hydrogen) atoms. The average Bonchev–Trinajstić information content (AvgIpc) is 3.64. The fourth-order valence-electron chi connectivity index (χ4n) is 7.36. The number of likely N-dealkylation sites (N-methyl/N-ethyl adjacent to an activating group) is 1. The summed E-state index contributed by atoms with van der Waals surface area (Å²) in [5.41, 5.74) is 2.00. The van der Waals surface area contributed by atoms with Gasteiger partial charge in [0.2, 0.25) is 34.5 Å². The van der Waals surface area contributed by atoms with E-state index in [4.69, 9.17) is 0 Å². The van der Waals surface area contributed by atoms with Crippen LogP contribution >= 0.6 is 0 Å². The molecule has 0 saturated carbocycles. The second-order valence-corrected chi connectivity index (χ2v) is 16.4. The normalized spacial score (nSPS) is 16.5. The zero-order valence-electron chi connectivity index (χ0n) is 30.3. The highest BCUT2D eigenvalue weighted by molar-refractivity contribution is 7.86.